The molecule has 3 rings (SSSR count). The van der Waals surface area contributed by atoms with Crippen LogP contribution < -0.4 is 26.6 Å². The highest BCUT2D eigenvalue weighted by Crippen LogP contribution is 2.41. The number of imide groups is 1. The first kappa shape index (κ1) is 33.0. The molecule has 1 atom stereocenters. The minimum atomic E-state index is -6.12. The predicted octanol–water partition coefficient (Wildman–Crippen LogP) is 1.49. The molecule has 0 unspecified atom stereocenters. The van der Waals surface area contributed by atoms with Crippen LogP contribution >= 0.6 is 0 Å². The zero-order chi connectivity index (χ0) is 32.5. The van der Waals surface area contributed by atoms with E-state index in [1.807, 2.05) is 0 Å². The molecule has 2 aliphatic rings. The van der Waals surface area contributed by atoms with Crippen molar-refractivity contribution in [1.29, 1.82) is 0 Å². The molecule has 0 aromatic heterocycles. The summed E-state index contributed by atoms with van der Waals surface area (Å²) in [6, 6.07) is 3.49. The Hall–Kier alpha value is -4.51. The standard InChI is InChI=1S/C25H29F5N6O7/c1-3-16(37)36(21(41)33-11-24(26,27)25(28,29)30)23(17(18(31)38)19(32)39)12-35(22(42)43-10-13-8-9-13)15-7-5-4-6-14(15)34(2)20(23)40/h4-7,13,17H,3,8-12H2,1-2H3,(H2,31,38)(H2,32,39)(H,33,41)/t23-/m1/s1. The summed E-state index contributed by atoms with van der Waals surface area (Å²) in [5.74, 6) is -14.3. The summed E-state index contributed by atoms with van der Waals surface area (Å²) in [5, 5.41) is 1.26. The Morgan fingerprint density at radius 2 is 1.63 bits per heavy atom. The average Bonchev–Trinajstić information content (AvgIpc) is 3.76. The van der Waals surface area contributed by atoms with E-state index in [1.165, 1.54) is 29.6 Å². The minimum absolute atomic E-state index is 0.0310. The van der Waals surface area contributed by atoms with Crippen molar-refractivity contribution in [3.8, 4) is 0 Å². The molecular weight excluding hydrogens is 591 g/mol. The number of alkyl halides is 5. The lowest BCUT2D eigenvalue weighted by Crippen LogP contribution is -2.75. The van der Waals surface area contributed by atoms with Gasteiger partial charge in [-0.05, 0) is 30.9 Å². The van der Waals surface area contributed by atoms with E-state index in [0.717, 1.165) is 36.6 Å². The molecule has 1 aromatic rings. The summed E-state index contributed by atoms with van der Waals surface area (Å²) in [6.45, 7) is -2.56. The summed E-state index contributed by atoms with van der Waals surface area (Å²) in [4.78, 5) is 81.2. The predicted molar refractivity (Wildman–Crippen MR) is 137 cm³/mol. The highest BCUT2D eigenvalue weighted by Gasteiger charge is 2.64. The molecule has 5 N–H and O–H groups in total. The maximum Gasteiger partial charge on any atom is 0.455 e. The van der Waals surface area contributed by atoms with Crippen molar-refractivity contribution in [2.45, 2.75) is 43.8 Å². The lowest BCUT2D eigenvalue weighted by atomic mass is 9.78. The monoisotopic (exact) mass is 620 g/mol. The van der Waals surface area contributed by atoms with E-state index < -0.39 is 78.8 Å². The lowest BCUT2D eigenvalue weighted by Gasteiger charge is -2.45. The molecular formula is C25H29F5N6O7. The third-order valence-corrected chi connectivity index (χ3v) is 7.04. The Morgan fingerprint density at radius 3 is 2.12 bits per heavy atom. The molecule has 1 aromatic carbocycles. The number of urea groups is 1. The van der Waals surface area contributed by atoms with Crippen LogP contribution in [-0.4, -0.2) is 85.0 Å². The first-order valence-corrected chi connectivity index (χ1v) is 12.9. The number of hydrogen-bond donors (Lipinski definition) is 3. The number of likely N-dealkylation sites (N-methyl/N-ethyl adjacent to an activating group) is 1. The largest absolute Gasteiger partial charge is 0.455 e. The number of carbonyl (C=O) groups excluding carboxylic acids is 6. The average molecular weight is 621 g/mol. The summed E-state index contributed by atoms with van der Waals surface area (Å²) >= 11 is 0. The van der Waals surface area contributed by atoms with Gasteiger partial charge in [0.25, 0.3) is 5.91 Å². The van der Waals surface area contributed by atoms with Gasteiger partial charge in [-0.2, -0.15) is 22.0 Å². The second-order valence-corrected chi connectivity index (χ2v) is 10.1. The zero-order valence-electron chi connectivity index (χ0n) is 23.0. The number of nitrogens with one attached hydrogen (secondary N) is 1. The Labute approximate surface area is 241 Å². The number of primary amides is 2. The van der Waals surface area contributed by atoms with Gasteiger partial charge in [-0.15, -0.1) is 0 Å². The Bertz CT molecular complexity index is 1310. The Kier molecular flexibility index (Phi) is 9.21. The van der Waals surface area contributed by atoms with E-state index in [-0.39, 0.29) is 28.8 Å². The number of halogens is 5. The fourth-order valence-corrected chi connectivity index (χ4v) is 4.65. The molecule has 1 fully saturated rings. The second kappa shape index (κ2) is 12.0. The second-order valence-electron chi connectivity index (χ2n) is 10.1. The number of ether oxygens (including phenoxy) is 1. The maximum atomic E-state index is 14.3. The Morgan fingerprint density at radius 1 is 1.07 bits per heavy atom. The smallest absolute Gasteiger partial charge is 0.449 e. The fraction of sp³-hybridized carbons (Fsp3) is 0.520. The first-order valence-electron chi connectivity index (χ1n) is 12.9. The molecule has 1 aliphatic heterocycles. The summed E-state index contributed by atoms with van der Waals surface area (Å²) in [7, 11) is 1.08. The van der Waals surface area contributed by atoms with Crippen molar-refractivity contribution in [2.24, 2.45) is 23.3 Å². The molecule has 7 amide bonds. The molecule has 1 heterocycles. The van der Waals surface area contributed by atoms with Gasteiger partial charge in [0.15, 0.2) is 11.5 Å². The van der Waals surface area contributed by atoms with Crippen molar-refractivity contribution in [3.63, 3.8) is 0 Å². The number of amides is 7. The molecule has 0 spiro atoms. The molecule has 0 radical (unpaired) electrons. The molecule has 1 aliphatic carbocycles. The van der Waals surface area contributed by atoms with Crippen LogP contribution in [0.25, 0.3) is 0 Å². The van der Waals surface area contributed by atoms with E-state index in [0.29, 0.717) is 0 Å². The number of para-hydroxylation sites is 2. The molecule has 0 bridgehead atoms. The van der Waals surface area contributed by atoms with Gasteiger partial charge in [0.2, 0.25) is 17.7 Å². The molecule has 13 nitrogen and oxygen atoms in total. The highest BCUT2D eigenvalue weighted by molar-refractivity contribution is 6.17. The normalized spacial score (nSPS) is 18.9. The van der Waals surface area contributed by atoms with Gasteiger partial charge in [-0.1, -0.05) is 19.1 Å². The maximum absolute atomic E-state index is 14.3. The molecule has 0 saturated heterocycles. The van der Waals surface area contributed by atoms with E-state index in [2.05, 4.69) is 0 Å². The topological polar surface area (TPSA) is 185 Å². The van der Waals surface area contributed by atoms with E-state index in [1.54, 1.807) is 0 Å². The zero-order valence-corrected chi connectivity index (χ0v) is 23.0. The van der Waals surface area contributed by atoms with Gasteiger partial charge in [0.1, 0.15) is 0 Å². The van der Waals surface area contributed by atoms with Gasteiger partial charge in [-0.25, -0.2) is 14.5 Å². The SMILES string of the molecule is CCC(=O)N(C(=O)NCC(F)(F)C(F)(F)F)[C@@]1(C(C(N)=O)C(N)=O)CN(C(=O)OCC2CC2)c2ccccc2N(C)C1=O. The highest BCUT2D eigenvalue weighted by atomic mass is 19.4. The number of fused-ring (bicyclic) bond motifs is 1. The molecule has 236 valence electrons. The van der Waals surface area contributed by atoms with Gasteiger partial charge in [0, 0.05) is 13.5 Å². The summed E-state index contributed by atoms with van der Waals surface area (Å²) < 4.78 is 71.4. The summed E-state index contributed by atoms with van der Waals surface area (Å²) in [6.07, 6.45) is -6.48. The number of nitrogens with zero attached hydrogens (tertiary/aromatic N) is 3. The molecule has 43 heavy (non-hydrogen) atoms. The Balaban J connectivity index is 2.29. The van der Waals surface area contributed by atoms with Gasteiger partial charge < -0.3 is 26.4 Å². The van der Waals surface area contributed by atoms with Crippen molar-refractivity contribution >= 4 is 47.1 Å². The van der Waals surface area contributed by atoms with Gasteiger partial charge in [0.05, 0.1) is 31.1 Å². The third-order valence-electron chi connectivity index (χ3n) is 7.04. The number of carbonyl (C=O) groups is 6. The van der Waals surface area contributed by atoms with E-state index in [9.17, 15) is 50.7 Å². The molecule has 18 heteroatoms. The number of benzene rings is 1. The van der Waals surface area contributed by atoms with Crippen LogP contribution in [0.5, 0.6) is 0 Å². The van der Waals surface area contributed by atoms with Crippen LogP contribution in [-0.2, 0) is 23.9 Å². The number of anilines is 2. The van der Waals surface area contributed by atoms with Gasteiger partial charge >= 0.3 is 24.2 Å². The molecule has 1 saturated carbocycles. The third kappa shape index (κ3) is 6.31. The van der Waals surface area contributed by atoms with Gasteiger partial charge in [-0.3, -0.25) is 24.1 Å². The van der Waals surface area contributed by atoms with Crippen LogP contribution in [0.1, 0.15) is 26.2 Å². The number of rotatable bonds is 9. The number of nitrogens with two attached hydrogens (primary N) is 2. The van der Waals surface area contributed by atoms with Crippen molar-refractivity contribution in [3.05, 3.63) is 24.3 Å². The van der Waals surface area contributed by atoms with E-state index in [4.69, 9.17) is 16.2 Å². The van der Waals surface area contributed by atoms with Crippen LogP contribution in [0.4, 0.5) is 42.9 Å². The van der Waals surface area contributed by atoms with Crippen molar-refractivity contribution < 1.29 is 55.5 Å². The van der Waals surface area contributed by atoms with Crippen LogP contribution in [0.2, 0.25) is 0 Å². The van der Waals surface area contributed by atoms with Crippen LogP contribution in [0.15, 0.2) is 24.3 Å². The van der Waals surface area contributed by atoms with Crippen LogP contribution in [0, 0.1) is 11.8 Å². The first-order chi connectivity index (χ1) is 19.9. The number of hydrogen-bond acceptors (Lipinski definition) is 7. The van der Waals surface area contributed by atoms with Crippen molar-refractivity contribution in [1.82, 2.24) is 10.2 Å². The lowest BCUT2D eigenvalue weighted by molar-refractivity contribution is -0.278. The minimum Gasteiger partial charge on any atom is -0.449 e. The van der Waals surface area contributed by atoms with Crippen molar-refractivity contribution in [2.75, 3.05) is 36.5 Å². The quantitative estimate of drug-likeness (QED) is 0.276. The summed E-state index contributed by atoms with van der Waals surface area (Å²) in [5.41, 5.74) is 7.57. The van der Waals surface area contributed by atoms with Crippen LogP contribution in [0.3, 0.4) is 0 Å². The van der Waals surface area contributed by atoms with E-state index >= 15 is 0 Å². The fourth-order valence-electron chi connectivity index (χ4n) is 4.65.